The summed E-state index contributed by atoms with van der Waals surface area (Å²) in [5.41, 5.74) is -0.308. The summed E-state index contributed by atoms with van der Waals surface area (Å²) in [7, 11) is 0. The average molecular weight is 577 g/mol. The fourth-order valence-corrected chi connectivity index (χ4v) is 4.08. The van der Waals surface area contributed by atoms with Crippen LogP contribution in [0.25, 0.3) is 16.8 Å². The van der Waals surface area contributed by atoms with E-state index in [4.69, 9.17) is 16.3 Å². The van der Waals surface area contributed by atoms with Crippen molar-refractivity contribution in [3.05, 3.63) is 115 Å². The topological polar surface area (TPSA) is 122 Å². The smallest absolute Gasteiger partial charge is 0.344 e. The van der Waals surface area contributed by atoms with Crippen LogP contribution in [0.5, 0.6) is 5.75 Å². The molecule has 0 aliphatic heterocycles. The standard InChI is InChI=1S/C27H15BrClN3O5/c28-19-8-11-25(37-27(34)22-7-3-5-16-4-1-2-6-21(16)22)17(13-19)12-18(15-30)26(33)31-23-10-9-20(29)14-24(23)32(35)36/h1-14H,(H,31,33). The Morgan fingerprint density at radius 2 is 1.81 bits per heavy atom. The summed E-state index contributed by atoms with van der Waals surface area (Å²) in [6, 6.07) is 22.9. The van der Waals surface area contributed by atoms with Gasteiger partial charge in [0.1, 0.15) is 23.1 Å². The van der Waals surface area contributed by atoms with E-state index in [-0.39, 0.29) is 27.6 Å². The van der Waals surface area contributed by atoms with E-state index in [0.717, 1.165) is 11.5 Å². The zero-order chi connectivity index (χ0) is 26.5. The van der Waals surface area contributed by atoms with Crippen molar-refractivity contribution in [1.29, 1.82) is 5.26 Å². The van der Waals surface area contributed by atoms with Crippen LogP contribution < -0.4 is 10.1 Å². The minimum Gasteiger partial charge on any atom is -0.422 e. The summed E-state index contributed by atoms with van der Waals surface area (Å²) >= 11 is 9.15. The summed E-state index contributed by atoms with van der Waals surface area (Å²) in [6.07, 6.45) is 1.23. The molecule has 0 aromatic heterocycles. The molecule has 0 heterocycles. The minimum atomic E-state index is -0.890. The van der Waals surface area contributed by atoms with Crippen molar-refractivity contribution < 1.29 is 19.2 Å². The van der Waals surface area contributed by atoms with Gasteiger partial charge in [-0.2, -0.15) is 5.26 Å². The summed E-state index contributed by atoms with van der Waals surface area (Å²) in [4.78, 5) is 36.5. The minimum absolute atomic E-state index is 0.110. The van der Waals surface area contributed by atoms with Crippen LogP contribution in [0.3, 0.4) is 0 Å². The van der Waals surface area contributed by atoms with Crippen LogP contribution in [0.4, 0.5) is 11.4 Å². The van der Waals surface area contributed by atoms with Crippen molar-refractivity contribution in [2.75, 3.05) is 5.32 Å². The maximum Gasteiger partial charge on any atom is 0.344 e. The highest BCUT2D eigenvalue weighted by Gasteiger charge is 2.20. The Labute approximate surface area is 224 Å². The van der Waals surface area contributed by atoms with Crippen molar-refractivity contribution in [3.8, 4) is 11.8 Å². The Morgan fingerprint density at radius 1 is 1.05 bits per heavy atom. The third-order valence-corrected chi connectivity index (χ3v) is 5.98. The van der Waals surface area contributed by atoms with Crippen LogP contribution in [-0.4, -0.2) is 16.8 Å². The van der Waals surface area contributed by atoms with Crippen molar-refractivity contribution in [2.24, 2.45) is 0 Å². The third-order valence-electron chi connectivity index (χ3n) is 5.25. The Bertz CT molecular complexity index is 1640. The number of amides is 1. The molecule has 0 atom stereocenters. The number of hydrogen-bond acceptors (Lipinski definition) is 6. The number of nitro benzene ring substituents is 1. The van der Waals surface area contributed by atoms with Gasteiger partial charge in [0, 0.05) is 21.1 Å². The highest BCUT2D eigenvalue weighted by Crippen LogP contribution is 2.30. The molecule has 0 saturated heterocycles. The van der Waals surface area contributed by atoms with Crippen LogP contribution in [0, 0.1) is 21.4 Å². The lowest BCUT2D eigenvalue weighted by molar-refractivity contribution is -0.383. The number of fused-ring (bicyclic) bond motifs is 1. The number of hydrogen-bond donors (Lipinski definition) is 1. The zero-order valence-electron chi connectivity index (χ0n) is 18.8. The lowest BCUT2D eigenvalue weighted by Crippen LogP contribution is -2.15. The fraction of sp³-hybridized carbons (Fsp3) is 0. The first-order chi connectivity index (χ1) is 17.8. The Hall–Kier alpha value is -4.52. The molecule has 0 fully saturated rings. The molecule has 0 saturated carbocycles. The van der Waals surface area contributed by atoms with E-state index in [1.807, 2.05) is 30.3 Å². The molecule has 1 amide bonds. The molecule has 0 aliphatic carbocycles. The number of rotatable bonds is 6. The molecule has 8 nitrogen and oxygen atoms in total. The van der Waals surface area contributed by atoms with Gasteiger partial charge in [-0.15, -0.1) is 0 Å². The number of anilines is 1. The molecule has 4 rings (SSSR count). The Kier molecular flexibility index (Phi) is 7.63. The summed E-state index contributed by atoms with van der Waals surface area (Å²) < 4.78 is 6.26. The molecule has 4 aromatic rings. The summed E-state index contributed by atoms with van der Waals surface area (Å²) in [6.45, 7) is 0. The number of nitro groups is 1. The number of esters is 1. The number of nitriles is 1. The molecule has 10 heteroatoms. The molecule has 0 bridgehead atoms. The van der Waals surface area contributed by atoms with Gasteiger partial charge < -0.3 is 10.1 Å². The van der Waals surface area contributed by atoms with Gasteiger partial charge in [0.2, 0.25) is 0 Å². The second-order valence-electron chi connectivity index (χ2n) is 7.64. The van der Waals surface area contributed by atoms with Crippen molar-refractivity contribution in [3.63, 3.8) is 0 Å². The van der Waals surface area contributed by atoms with Gasteiger partial charge in [-0.05, 0) is 53.2 Å². The molecule has 182 valence electrons. The molecule has 0 unspecified atom stereocenters. The highest BCUT2D eigenvalue weighted by molar-refractivity contribution is 9.10. The monoisotopic (exact) mass is 575 g/mol. The van der Waals surface area contributed by atoms with Gasteiger partial charge in [0.25, 0.3) is 11.6 Å². The lowest BCUT2D eigenvalue weighted by Gasteiger charge is -2.11. The average Bonchev–Trinajstić information content (AvgIpc) is 2.89. The van der Waals surface area contributed by atoms with E-state index in [1.165, 1.54) is 24.3 Å². The Morgan fingerprint density at radius 3 is 2.57 bits per heavy atom. The summed E-state index contributed by atoms with van der Waals surface area (Å²) in [5, 5.41) is 25.0. The number of carbonyl (C=O) groups is 2. The molecule has 0 spiro atoms. The number of nitrogens with one attached hydrogen (secondary N) is 1. The molecule has 1 N–H and O–H groups in total. The van der Waals surface area contributed by atoms with Crippen LogP contribution >= 0.6 is 27.5 Å². The van der Waals surface area contributed by atoms with Crippen LogP contribution in [0.2, 0.25) is 5.02 Å². The number of nitrogens with zero attached hydrogens (tertiary/aromatic N) is 2. The van der Waals surface area contributed by atoms with E-state index in [1.54, 1.807) is 30.3 Å². The van der Waals surface area contributed by atoms with Crippen LogP contribution in [0.15, 0.2) is 88.9 Å². The second kappa shape index (κ2) is 11.0. The number of carbonyl (C=O) groups excluding carboxylic acids is 2. The number of ether oxygens (including phenoxy) is 1. The van der Waals surface area contributed by atoms with Gasteiger partial charge in [-0.1, -0.05) is 63.9 Å². The van der Waals surface area contributed by atoms with Crippen LogP contribution in [0.1, 0.15) is 15.9 Å². The second-order valence-corrected chi connectivity index (χ2v) is 8.99. The highest BCUT2D eigenvalue weighted by atomic mass is 79.9. The molecular formula is C27H15BrClN3O5. The fourth-order valence-electron chi connectivity index (χ4n) is 3.54. The van der Waals surface area contributed by atoms with Gasteiger partial charge in [0.05, 0.1) is 10.5 Å². The molecule has 0 aliphatic rings. The first kappa shape index (κ1) is 25.6. The van der Waals surface area contributed by atoms with E-state index >= 15 is 0 Å². The SMILES string of the molecule is N#CC(=Cc1cc(Br)ccc1OC(=O)c1cccc2ccccc12)C(=O)Nc1ccc(Cl)cc1[N+](=O)[O-]. The largest absolute Gasteiger partial charge is 0.422 e. The normalized spacial score (nSPS) is 11.0. The van der Waals surface area contributed by atoms with E-state index in [9.17, 15) is 25.0 Å². The molecular weight excluding hydrogens is 562 g/mol. The van der Waals surface area contributed by atoms with Gasteiger partial charge in [-0.3, -0.25) is 14.9 Å². The maximum absolute atomic E-state index is 13.1. The van der Waals surface area contributed by atoms with Gasteiger partial charge in [-0.25, -0.2) is 4.79 Å². The van der Waals surface area contributed by atoms with Gasteiger partial charge in [0.15, 0.2) is 0 Å². The maximum atomic E-state index is 13.1. The number of halogens is 2. The van der Waals surface area contributed by atoms with E-state index in [0.29, 0.717) is 15.4 Å². The molecule has 0 radical (unpaired) electrons. The first-order valence-corrected chi connectivity index (χ1v) is 11.8. The molecule has 4 aromatic carbocycles. The predicted octanol–water partition coefficient (Wildman–Crippen LogP) is 6.93. The van der Waals surface area contributed by atoms with Crippen LogP contribution in [-0.2, 0) is 4.79 Å². The first-order valence-electron chi connectivity index (χ1n) is 10.6. The predicted molar refractivity (Wildman–Crippen MR) is 143 cm³/mol. The van der Waals surface area contributed by atoms with E-state index in [2.05, 4.69) is 21.2 Å². The van der Waals surface area contributed by atoms with Gasteiger partial charge >= 0.3 is 5.97 Å². The Balaban J connectivity index is 1.66. The van der Waals surface area contributed by atoms with Crippen molar-refractivity contribution in [1.82, 2.24) is 0 Å². The quantitative estimate of drug-likeness (QED) is 0.0663. The number of benzene rings is 4. The lowest BCUT2D eigenvalue weighted by atomic mass is 10.0. The van der Waals surface area contributed by atoms with Crippen molar-refractivity contribution >= 4 is 67.6 Å². The molecule has 37 heavy (non-hydrogen) atoms. The van der Waals surface area contributed by atoms with E-state index < -0.39 is 22.5 Å². The third kappa shape index (κ3) is 5.83. The summed E-state index contributed by atoms with van der Waals surface area (Å²) in [5.74, 6) is -1.40. The van der Waals surface area contributed by atoms with Crippen molar-refractivity contribution in [2.45, 2.75) is 0 Å². The zero-order valence-corrected chi connectivity index (χ0v) is 21.1.